The number of anilines is 1. The zero-order chi connectivity index (χ0) is 28.8. The highest BCUT2D eigenvalue weighted by Gasteiger charge is 2.43. The molecule has 10 heteroatoms. The first-order valence-corrected chi connectivity index (χ1v) is 17.8. The van der Waals surface area contributed by atoms with Crippen LogP contribution in [-0.4, -0.2) is 45.2 Å². The van der Waals surface area contributed by atoms with Gasteiger partial charge in [-0.15, -0.1) is 11.3 Å². The van der Waals surface area contributed by atoms with Crippen LogP contribution in [-0.2, 0) is 9.53 Å². The number of carbonyl (C=O) groups excluding carboxylic acids is 2. The van der Waals surface area contributed by atoms with Gasteiger partial charge in [-0.2, -0.15) is 0 Å². The number of rotatable bonds is 8. The van der Waals surface area contributed by atoms with Crippen LogP contribution in [0.15, 0.2) is 48.8 Å². The second-order valence-corrected chi connectivity index (χ2v) is 18.2. The van der Waals surface area contributed by atoms with Crippen molar-refractivity contribution < 1.29 is 23.5 Å². The Labute approximate surface area is 242 Å². The van der Waals surface area contributed by atoms with Crippen molar-refractivity contribution in [3.63, 3.8) is 0 Å². The number of thiophene rings is 1. The quantitative estimate of drug-likeness (QED) is 0.118. The number of pyridine rings is 1. The molecule has 0 bridgehead atoms. The monoisotopic (exact) mass is 596 g/mol. The molecule has 1 atom stereocenters. The van der Waals surface area contributed by atoms with Crippen LogP contribution >= 0.6 is 22.9 Å². The van der Waals surface area contributed by atoms with Crippen molar-refractivity contribution in [3.8, 4) is 16.2 Å². The Morgan fingerprint density at radius 1 is 1.15 bits per heavy atom. The second kappa shape index (κ2) is 11.0. The molecule has 0 fully saturated rings. The minimum absolute atomic E-state index is 0.00785. The molecule has 0 spiro atoms. The Morgan fingerprint density at radius 3 is 2.65 bits per heavy atom. The summed E-state index contributed by atoms with van der Waals surface area (Å²) in [7, 11) is 0.0244. The van der Waals surface area contributed by atoms with Crippen LogP contribution in [0.1, 0.15) is 26.7 Å². The van der Waals surface area contributed by atoms with Crippen LogP contribution < -0.4 is 9.64 Å². The maximum atomic E-state index is 14.3. The fraction of sp³-hybridized carbons (Fsp3) is 0.300. The topological polar surface area (TPSA) is 68.7 Å². The Kier molecular flexibility index (Phi) is 7.85. The largest absolute Gasteiger partial charge is 0.494 e. The van der Waals surface area contributed by atoms with E-state index in [4.69, 9.17) is 21.1 Å². The SMILES string of the molecule is COc1cc(-c2cc3c(s2)C(=O)C(c2cncc4cccc(C)c24)C(=O)N3COCC[Si](C)(C)C)c(Cl)cc1F. The average molecular weight is 597 g/mol. The summed E-state index contributed by atoms with van der Waals surface area (Å²) in [5.74, 6) is -2.29. The third kappa shape index (κ3) is 5.31. The molecule has 0 saturated carbocycles. The molecule has 0 aliphatic carbocycles. The number of ether oxygens (including phenoxy) is 2. The number of ketones is 1. The van der Waals surface area contributed by atoms with Crippen molar-refractivity contribution in [2.75, 3.05) is 25.3 Å². The molecule has 0 N–H and O–H groups in total. The Balaban J connectivity index is 1.62. The van der Waals surface area contributed by atoms with E-state index in [1.807, 2.05) is 25.1 Å². The number of Topliss-reactive ketones (excluding diaryl/α,β-unsaturated/α-hetero) is 1. The van der Waals surface area contributed by atoms with Gasteiger partial charge < -0.3 is 9.47 Å². The molecule has 2 aromatic heterocycles. The van der Waals surface area contributed by atoms with Gasteiger partial charge in [-0.3, -0.25) is 19.5 Å². The summed E-state index contributed by atoms with van der Waals surface area (Å²) in [6, 6.07) is 11.2. The van der Waals surface area contributed by atoms with E-state index < -0.39 is 19.8 Å². The molecule has 5 rings (SSSR count). The van der Waals surface area contributed by atoms with Gasteiger partial charge in [0.15, 0.2) is 17.3 Å². The first-order chi connectivity index (χ1) is 19.0. The summed E-state index contributed by atoms with van der Waals surface area (Å²) >= 11 is 7.65. The third-order valence-corrected chi connectivity index (χ3v) is 10.2. The number of aromatic nitrogens is 1. The van der Waals surface area contributed by atoms with E-state index in [1.165, 1.54) is 35.5 Å². The zero-order valence-corrected chi connectivity index (χ0v) is 25.6. The van der Waals surface area contributed by atoms with Gasteiger partial charge in [0, 0.05) is 42.9 Å². The van der Waals surface area contributed by atoms with E-state index in [0.29, 0.717) is 33.2 Å². The van der Waals surface area contributed by atoms with Crippen molar-refractivity contribution in [1.82, 2.24) is 4.98 Å². The highest BCUT2D eigenvalue weighted by Crippen LogP contribution is 2.47. The van der Waals surface area contributed by atoms with Crippen LogP contribution in [0.5, 0.6) is 5.75 Å². The minimum atomic E-state index is -1.35. The van der Waals surface area contributed by atoms with Crippen LogP contribution in [0.2, 0.25) is 30.7 Å². The normalized spacial score (nSPS) is 15.6. The van der Waals surface area contributed by atoms with E-state index in [2.05, 4.69) is 24.6 Å². The minimum Gasteiger partial charge on any atom is -0.494 e. The fourth-order valence-electron chi connectivity index (χ4n) is 4.90. The van der Waals surface area contributed by atoms with Gasteiger partial charge >= 0.3 is 0 Å². The van der Waals surface area contributed by atoms with Crippen LogP contribution in [0.4, 0.5) is 10.1 Å². The van der Waals surface area contributed by atoms with E-state index >= 15 is 0 Å². The molecule has 1 amide bonds. The summed E-state index contributed by atoms with van der Waals surface area (Å²) < 4.78 is 25.5. The molecule has 1 aliphatic heterocycles. The second-order valence-electron chi connectivity index (χ2n) is 11.1. The smallest absolute Gasteiger partial charge is 0.244 e. The van der Waals surface area contributed by atoms with Gasteiger partial charge in [0.2, 0.25) is 5.91 Å². The number of fused-ring (bicyclic) bond motifs is 2. The van der Waals surface area contributed by atoms with E-state index in [-0.39, 0.29) is 29.2 Å². The van der Waals surface area contributed by atoms with Crippen LogP contribution in [0, 0.1) is 12.7 Å². The lowest BCUT2D eigenvalue weighted by molar-refractivity contribution is -0.120. The van der Waals surface area contributed by atoms with Crippen molar-refractivity contribution in [2.24, 2.45) is 0 Å². The maximum absolute atomic E-state index is 14.3. The lowest BCUT2D eigenvalue weighted by atomic mass is 9.86. The number of carbonyl (C=O) groups is 2. The fourth-order valence-corrected chi connectivity index (χ4v) is 7.12. The molecule has 1 aliphatic rings. The van der Waals surface area contributed by atoms with E-state index in [9.17, 15) is 14.0 Å². The summed E-state index contributed by atoms with van der Waals surface area (Å²) in [6.45, 7) is 9.26. The van der Waals surface area contributed by atoms with Gasteiger partial charge in [0.1, 0.15) is 12.6 Å². The molecule has 6 nitrogen and oxygen atoms in total. The van der Waals surface area contributed by atoms with Crippen LogP contribution in [0.25, 0.3) is 21.2 Å². The summed E-state index contributed by atoms with van der Waals surface area (Å²) in [5.41, 5.74) is 2.50. The van der Waals surface area contributed by atoms with Crippen molar-refractivity contribution in [2.45, 2.75) is 38.5 Å². The summed E-state index contributed by atoms with van der Waals surface area (Å²) in [5, 5.41) is 1.88. The predicted molar refractivity (Wildman–Crippen MR) is 161 cm³/mol. The molecule has 40 heavy (non-hydrogen) atoms. The van der Waals surface area contributed by atoms with Gasteiger partial charge in [-0.1, -0.05) is 49.4 Å². The zero-order valence-electron chi connectivity index (χ0n) is 23.0. The number of hydrogen-bond acceptors (Lipinski definition) is 6. The lowest BCUT2D eigenvalue weighted by Gasteiger charge is -2.32. The van der Waals surface area contributed by atoms with Gasteiger partial charge in [-0.25, -0.2) is 4.39 Å². The molecule has 0 saturated heterocycles. The molecular formula is C30H30ClFN2O4SSi. The molecule has 208 valence electrons. The number of benzene rings is 2. The molecule has 2 aromatic carbocycles. The molecule has 4 aromatic rings. The third-order valence-electron chi connectivity index (χ3n) is 7.06. The predicted octanol–water partition coefficient (Wildman–Crippen LogP) is 7.70. The number of amides is 1. The Bertz CT molecular complexity index is 1630. The van der Waals surface area contributed by atoms with Crippen molar-refractivity contribution in [3.05, 3.63) is 75.6 Å². The maximum Gasteiger partial charge on any atom is 0.244 e. The standard InChI is InChI=1S/C30H30ClFN2O4SSi/c1-17-7-6-8-18-14-33-15-20(26(17)18)27-28(35)29-23(34(30(27)36)16-38-9-10-40(3,4)5)13-25(39-29)19-11-24(37-2)22(32)12-21(19)31/h6-8,11-15,27H,9-10,16H2,1-5H3. The Morgan fingerprint density at radius 2 is 1.93 bits per heavy atom. The van der Waals surface area contributed by atoms with Crippen LogP contribution in [0.3, 0.4) is 0 Å². The molecular weight excluding hydrogens is 567 g/mol. The van der Waals surface area contributed by atoms with Gasteiger partial charge in [0.25, 0.3) is 0 Å². The summed E-state index contributed by atoms with van der Waals surface area (Å²) in [6.07, 6.45) is 3.35. The number of nitrogens with zero attached hydrogens (tertiary/aromatic N) is 2. The summed E-state index contributed by atoms with van der Waals surface area (Å²) in [4.78, 5) is 35.1. The first kappa shape index (κ1) is 28.4. The first-order valence-electron chi connectivity index (χ1n) is 12.9. The van der Waals surface area contributed by atoms with E-state index in [1.54, 1.807) is 18.5 Å². The molecule has 1 unspecified atom stereocenters. The molecule has 0 radical (unpaired) electrons. The van der Waals surface area contributed by atoms with Crippen molar-refractivity contribution >= 4 is 59.2 Å². The average Bonchev–Trinajstić information content (AvgIpc) is 3.33. The number of hydrogen-bond donors (Lipinski definition) is 0. The molecule has 3 heterocycles. The van der Waals surface area contributed by atoms with Crippen molar-refractivity contribution in [1.29, 1.82) is 0 Å². The Hall–Kier alpha value is -3.11. The highest BCUT2D eigenvalue weighted by atomic mass is 35.5. The lowest BCUT2D eigenvalue weighted by Crippen LogP contribution is -2.44. The number of methoxy groups -OCH3 is 1. The number of halogens is 2. The van der Waals surface area contributed by atoms with Gasteiger partial charge in [0.05, 0.1) is 22.7 Å². The number of aryl methyl sites for hydroxylation is 1. The van der Waals surface area contributed by atoms with Gasteiger partial charge in [-0.05, 0) is 47.7 Å². The van der Waals surface area contributed by atoms with E-state index in [0.717, 1.165) is 22.4 Å². The highest BCUT2D eigenvalue weighted by molar-refractivity contribution is 7.18.